The van der Waals surface area contributed by atoms with E-state index in [1.54, 1.807) is 0 Å². The molecule has 0 aliphatic carbocycles. The van der Waals surface area contributed by atoms with Crippen LogP contribution in [0, 0.1) is 0 Å². The summed E-state index contributed by atoms with van der Waals surface area (Å²) >= 11 is 0. The summed E-state index contributed by atoms with van der Waals surface area (Å²) in [5, 5.41) is 2.20. The van der Waals surface area contributed by atoms with Crippen LogP contribution in [0.3, 0.4) is 0 Å². The maximum Gasteiger partial charge on any atom is 0.325 e. The van der Waals surface area contributed by atoms with Crippen molar-refractivity contribution >= 4 is 29.4 Å². The van der Waals surface area contributed by atoms with E-state index in [0.29, 0.717) is 12.8 Å². The van der Waals surface area contributed by atoms with E-state index < -0.39 is 14.1 Å². The van der Waals surface area contributed by atoms with Crippen molar-refractivity contribution in [1.82, 2.24) is 4.57 Å². The molecule has 5 heteroatoms. The first kappa shape index (κ1) is 13.1. The molecule has 2 aromatic carbocycles. The van der Waals surface area contributed by atoms with Crippen molar-refractivity contribution in [3.05, 3.63) is 48.5 Å². The van der Waals surface area contributed by atoms with Gasteiger partial charge in [-0.05, 0) is 25.0 Å². The van der Waals surface area contributed by atoms with Crippen LogP contribution in [0.1, 0.15) is 14.2 Å². The molecule has 0 saturated carbocycles. The normalized spacial score (nSPS) is 14.5. The van der Waals surface area contributed by atoms with Gasteiger partial charge in [-0.3, -0.25) is 4.57 Å². The van der Waals surface area contributed by atoms with Crippen LogP contribution in [0.5, 0.6) is 0 Å². The average Bonchev–Trinajstić information content (AvgIpc) is 2.80. The first-order valence-electron chi connectivity index (χ1n) is 7.49. The van der Waals surface area contributed by atoms with Gasteiger partial charge in [-0.25, -0.2) is 0 Å². The molecule has 110 valence electrons. The molecule has 0 aliphatic rings. The lowest BCUT2D eigenvalue weighted by molar-refractivity contribution is 0.370. The van der Waals surface area contributed by atoms with Gasteiger partial charge in [0.15, 0.2) is 0 Å². The van der Waals surface area contributed by atoms with E-state index in [4.69, 9.17) is 11.2 Å². The van der Waals surface area contributed by atoms with Crippen LogP contribution in [0.4, 0.5) is 0 Å². The molecule has 21 heavy (non-hydrogen) atoms. The van der Waals surface area contributed by atoms with Crippen LogP contribution in [-0.4, -0.2) is 20.5 Å². The zero-order chi connectivity index (χ0) is 15.7. The monoisotopic (exact) mass is 304 g/mol. The Morgan fingerprint density at radius 1 is 0.952 bits per heavy atom. The highest BCUT2D eigenvalue weighted by molar-refractivity contribution is 7.51. The van der Waals surface area contributed by atoms with Crippen LogP contribution in [-0.2, 0) is 11.1 Å². The Kier molecular flexibility index (Phi) is 3.52. The standard InChI is InChI=1S/C16H18NO3P/c18-21(19,20)12-6-5-11-17-15-9-3-1-7-13(15)14-8-2-4-10-16(14)17/h1-4,7-10H,5-6,11-12H2,(H2,18,19,20)/i11D. The van der Waals surface area contributed by atoms with Gasteiger partial charge in [0.05, 0.1) is 0 Å². The van der Waals surface area contributed by atoms with Crippen LogP contribution in [0.25, 0.3) is 21.8 Å². The Hall–Kier alpha value is -1.61. The summed E-state index contributed by atoms with van der Waals surface area (Å²) in [6.45, 7) is -0.559. The third-order valence-corrected chi connectivity index (χ3v) is 4.48. The minimum absolute atomic E-state index is 0.167. The lowest BCUT2D eigenvalue weighted by Gasteiger charge is -2.08. The van der Waals surface area contributed by atoms with E-state index in [0.717, 1.165) is 21.8 Å². The van der Waals surface area contributed by atoms with Crippen LogP contribution < -0.4 is 0 Å². The largest absolute Gasteiger partial charge is 0.340 e. The molecule has 0 saturated heterocycles. The van der Waals surface area contributed by atoms with E-state index in [-0.39, 0.29) is 6.16 Å². The summed E-state index contributed by atoms with van der Waals surface area (Å²) < 4.78 is 21.3. The predicted molar refractivity (Wildman–Crippen MR) is 85.6 cm³/mol. The van der Waals surface area contributed by atoms with Gasteiger partial charge in [0.1, 0.15) is 0 Å². The Labute approximate surface area is 124 Å². The molecular formula is C16H18NO3P. The number of para-hydroxylation sites is 2. The number of hydrogen-bond donors (Lipinski definition) is 2. The first-order valence-corrected chi connectivity index (χ1v) is 8.71. The van der Waals surface area contributed by atoms with Gasteiger partial charge in [-0.2, -0.15) is 0 Å². The minimum Gasteiger partial charge on any atom is -0.340 e. The first-order chi connectivity index (χ1) is 10.5. The van der Waals surface area contributed by atoms with Gasteiger partial charge in [-0.1, -0.05) is 36.4 Å². The third-order valence-electron chi connectivity index (χ3n) is 3.58. The predicted octanol–water partition coefficient (Wildman–Crippen LogP) is 3.75. The van der Waals surface area contributed by atoms with Gasteiger partial charge in [0.2, 0.25) is 0 Å². The SMILES string of the molecule is [2H]C(CCCP(=O)(O)O)n1c2ccccc2c2ccccc21. The molecule has 0 aliphatic heterocycles. The lowest BCUT2D eigenvalue weighted by Crippen LogP contribution is -1.99. The molecular weight excluding hydrogens is 285 g/mol. The van der Waals surface area contributed by atoms with E-state index >= 15 is 0 Å². The summed E-state index contributed by atoms with van der Waals surface area (Å²) in [7, 11) is -3.99. The van der Waals surface area contributed by atoms with Crippen molar-refractivity contribution in [2.75, 3.05) is 6.16 Å². The molecule has 3 aromatic rings. The van der Waals surface area contributed by atoms with Crippen LogP contribution in [0.2, 0.25) is 0 Å². The highest BCUT2D eigenvalue weighted by Crippen LogP contribution is 2.35. The number of benzene rings is 2. The number of aryl methyl sites for hydroxylation is 1. The lowest BCUT2D eigenvalue weighted by atomic mass is 10.2. The molecule has 1 atom stereocenters. The molecule has 0 spiro atoms. The Morgan fingerprint density at radius 2 is 1.48 bits per heavy atom. The summed E-state index contributed by atoms with van der Waals surface area (Å²) in [5.41, 5.74) is 1.97. The van der Waals surface area contributed by atoms with E-state index in [2.05, 4.69) is 0 Å². The zero-order valence-corrected chi connectivity index (χ0v) is 12.4. The summed E-state index contributed by atoms with van der Waals surface area (Å²) in [6, 6.07) is 15.9. The van der Waals surface area contributed by atoms with E-state index in [9.17, 15) is 4.57 Å². The van der Waals surface area contributed by atoms with E-state index in [1.807, 2.05) is 53.1 Å². The fraction of sp³-hybridized carbons (Fsp3) is 0.250. The number of hydrogen-bond acceptors (Lipinski definition) is 1. The van der Waals surface area contributed by atoms with Gasteiger partial charge < -0.3 is 14.4 Å². The molecule has 4 nitrogen and oxygen atoms in total. The Bertz CT molecular complexity index is 802. The molecule has 1 aromatic heterocycles. The van der Waals surface area contributed by atoms with Crippen LogP contribution >= 0.6 is 7.60 Å². The van der Waals surface area contributed by atoms with Crippen molar-refractivity contribution in [2.45, 2.75) is 19.4 Å². The maximum atomic E-state index is 11.0. The van der Waals surface area contributed by atoms with Crippen molar-refractivity contribution in [2.24, 2.45) is 0 Å². The van der Waals surface area contributed by atoms with E-state index in [1.165, 1.54) is 0 Å². The topological polar surface area (TPSA) is 62.5 Å². The molecule has 3 rings (SSSR count). The molecule has 0 bridgehead atoms. The van der Waals surface area contributed by atoms with Gasteiger partial charge >= 0.3 is 7.60 Å². The van der Waals surface area contributed by atoms with Crippen molar-refractivity contribution in [3.8, 4) is 0 Å². The highest BCUT2D eigenvalue weighted by Gasteiger charge is 2.13. The Balaban J connectivity index is 1.99. The molecule has 0 radical (unpaired) electrons. The third kappa shape index (κ3) is 3.03. The number of rotatable bonds is 5. The van der Waals surface area contributed by atoms with Crippen LogP contribution in [0.15, 0.2) is 48.5 Å². The molecule has 0 amide bonds. The van der Waals surface area contributed by atoms with Crippen molar-refractivity contribution in [3.63, 3.8) is 0 Å². The number of fused-ring (bicyclic) bond motifs is 3. The average molecular weight is 304 g/mol. The minimum atomic E-state index is -3.99. The summed E-state index contributed by atoms with van der Waals surface area (Å²) in [4.78, 5) is 17.9. The quantitative estimate of drug-likeness (QED) is 0.706. The highest BCUT2D eigenvalue weighted by atomic mass is 31.2. The number of nitrogens with zero attached hydrogens (tertiary/aromatic N) is 1. The van der Waals surface area contributed by atoms with Gasteiger partial charge in [-0.15, -0.1) is 0 Å². The van der Waals surface area contributed by atoms with Gasteiger partial charge in [0.25, 0.3) is 0 Å². The maximum absolute atomic E-state index is 11.0. The Morgan fingerprint density at radius 3 is 2.00 bits per heavy atom. The summed E-state index contributed by atoms with van der Waals surface area (Å²) in [5.74, 6) is 0. The second-order valence-corrected chi connectivity index (χ2v) is 6.89. The molecule has 2 N–H and O–H groups in total. The van der Waals surface area contributed by atoms with Crippen molar-refractivity contribution in [1.29, 1.82) is 0 Å². The molecule has 0 fully saturated rings. The fourth-order valence-electron chi connectivity index (χ4n) is 2.67. The van der Waals surface area contributed by atoms with Gasteiger partial charge in [0, 0.05) is 35.9 Å². The van der Waals surface area contributed by atoms with Crippen molar-refractivity contribution < 1.29 is 15.7 Å². The molecule has 1 heterocycles. The zero-order valence-electron chi connectivity index (χ0n) is 12.5. The second kappa shape index (κ2) is 5.64. The fourth-order valence-corrected chi connectivity index (χ4v) is 3.26. The second-order valence-electron chi connectivity index (χ2n) is 5.12. The smallest absolute Gasteiger partial charge is 0.325 e. The summed E-state index contributed by atoms with van der Waals surface area (Å²) in [6.07, 6.45) is 0.576. The molecule has 1 unspecified atom stereocenters. The number of aromatic nitrogens is 1.